The second kappa shape index (κ2) is 17.9. The van der Waals surface area contributed by atoms with Gasteiger partial charge in [0, 0.05) is 31.6 Å². The zero-order chi connectivity index (χ0) is 24.0. The van der Waals surface area contributed by atoms with Crippen molar-refractivity contribution in [1.82, 2.24) is 20.9 Å². The van der Waals surface area contributed by atoms with Crippen molar-refractivity contribution in [2.75, 3.05) is 33.5 Å². The van der Waals surface area contributed by atoms with E-state index in [9.17, 15) is 4.79 Å². The Bertz CT molecular complexity index is 620. The van der Waals surface area contributed by atoms with Gasteiger partial charge < -0.3 is 31.4 Å². The molecule has 3 aliphatic rings. The number of nitrogens with zero attached hydrogens (tertiary/aromatic N) is 1. The number of ether oxygens (including phenoxy) is 1. The lowest BCUT2D eigenvalue weighted by molar-refractivity contribution is -0.125. The fourth-order valence-electron chi connectivity index (χ4n) is 6.47. The number of likely N-dealkylation sites (tertiary alicyclic amines) is 1. The zero-order valence-electron chi connectivity index (χ0n) is 23.2. The molecule has 1 aliphatic carbocycles. The molecule has 10 heteroatoms. The first-order chi connectivity index (χ1) is 15.7. The standard InChI is InChI=1S/C26H49ClN4O2.CH4.3H2O/c1-18(2)23(30-25(32)22-7-6-8-24(29-22)28-17-33-5)15-31-14-13-21(26(3,4)16-31)19-9-11-20(27)12-10-19;;;;/h18-24,28-29H,6-17H2,1-5H3,(H,30,32);1H4;3*1H2/t19?,20?,21?,22?,23-,24?;;;;/m0..../s1. The highest BCUT2D eigenvalue weighted by molar-refractivity contribution is 6.20. The minimum Gasteiger partial charge on any atom is -0.412 e. The lowest BCUT2D eigenvalue weighted by Crippen LogP contribution is -2.59. The van der Waals surface area contributed by atoms with Crippen molar-refractivity contribution in [2.24, 2.45) is 23.2 Å². The van der Waals surface area contributed by atoms with E-state index in [1.54, 1.807) is 7.11 Å². The Morgan fingerprint density at radius 2 is 1.73 bits per heavy atom. The molecule has 1 amide bonds. The van der Waals surface area contributed by atoms with Gasteiger partial charge in [0.05, 0.1) is 18.9 Å². The summed E-state index contributed by atoms with van der Waals surface area (Å²) < 4.78 is 5.13. The Balaban J connectivity index is 0. The van der Waals surface area contributed by atoms with Crippen LogP contribution in [0.15, 0.2) is 0 Å². The van der Waals surface area contributed by atoms with E-state index >= 15 is 0 Å². The van der Waals surface area contributed by atoms with Crippen molar-refractivity contribution in [3.05, 3.63) is 0 Å². The summed E-state index contributed by atoms with van der Waals surface area (Å²) in [5, 5.41) is 10.6. The molecule has 224 valence electrons. The predicted molar refractivity (Wildman–Crippen MR) is 154 cm³/mol. The summed E-state index contributed by atoms with van der Waals surface area (Å²) in [4.78, 5) is 15.7. The smallest absolute Gasteiger partial charge is 0.237 e. The van der Waals surface area contributed by atoms with E-state index in [1.165, 1.54) is 32.1 Å². The lowest BCUT2D eigenvalue weighted by Gasteiger charge is -2.49. The number of halogens is 1. The average Bonchev–Trinajstić information content (AvgIpc) is 2.77. The number of hydrogen-bond donors (Lipinski definition) is 3. The number of carbonyl (C=O) groups is 1. The maximum absolute atomic E-state index is 13.1. The van der Waals surface area contributed by atoms with Crippen LogP contribution < -0.4 is 16.0 Å². The fraction of sp³-hybridized carbons (Fsp3) is 0.963. The number of rotatable bonds is 9. The number of piperidine rings is 2. The van der Waals surface area contributed by atoms with E-state index in [-0.39, 0.29) is 48.0 Å². The van der Waals surface area contributed by atoms with Crippen molar-refractivity contribution < 1.29 is 26.0 Å². The van der Waals surface area contributed by atoms with Gasteiger partial charge in [-0.05, 0) is 81.1 Å². The number of alkyl halides is 1. The molecule has 37 heavy (non-hydrogen) atoms. The van der Waals surface area contributed by atoms with Crippen LogP contribution in [0.2, 0.25) is 0 Å². The van der Waals surface area contributed by atoms with Crippen molar-refractivity contribution in [1.29, 1.82) is 0 Å². The van der Waals surface area contributed by atoms with Gasteiger partial charge in [0.25, 0.3) is 0 Å². The van der Waals surface area contributed by atoms with Crippen LogP contribution in [0.3, 0.4) is 0 Å². The Morgan fingerprint density at radius 1 is 1.08 bits per heavy atom. The van der Waals surface area contributed by atoms with Crippen molar-refractivity contribution in [2.45, 2.75) is 110 Å². The fourth-order valence-corrected chi connectivity index (χ4v) is 6.72. The van der Waals surface area contributed by atoms with Crippen LogP contribution in [0.1, 0.15) is 86.5 Å². The average molecular weight is 555 g/mol. The van der Waals surface area contributed by atoms with Gasteiger partial charge in [-0.15, -0.1) is 11.6 Å². The van der Waals surface area contributed by atoms with Crippen LogP contribution in [0.4, 0.5) is 0 Å². The van der Waals surface area contributed by atoms with E-state index in [1.807, 2.05) is 0 Å². The van der Waals surface area contributed by atoms with Crippen molar-refractivity contribution in [3.63, 3.8) is 0 Å². The first-order valence-corrected chi connectivity index (χ1v) is 13.8. The molecule has 2 saturated heterocycles. The number of nitrogens with one attached hydrogen (secondary N) is 3. The van der Waals surface area contributed by atoms with Gasteiger partial charge in [0.1, 0.15) is 0 Å². The molecule has 9 N–H and O–H groups in total. The Labute approximate surface area is 231 Å². The molecule has 9 nitrogen and oxygen atoms in total. The van der Waals surface area contributed by atoms with Gasteiger partial charge >= 0.3 is 0 Å². The maximum atomic E-state index is 13.1. The second-order valence-electron chi connectivity index (χ2n) is 11.8. The van der Waals surface area contributed by atoms with Gasteiger partial charge in [-0.1, -0.05) is 35.1 Å². The number of hydrogen-bond acceptors (Lipinski definition) is 5. The molecular formula is C27H59ClN4O5. The molecular weight excluding hydrogens is 496 g/mol. The zero-order valence-corrected chi connectivity index (χ0v) is 23.9. The van der Waals surface area contributed by atoms with Crippen LogP contribution in [-0.2, 0) is 9.53 Å². The summed E-state index contributed by atoms with van der Waals surface area (Å²) in [6, 6.07) is 0.0410. The molecule has 0 radical (unpaired) electrons. The summed E-state index contributed by atoms with van der Waals surface area (Å²) in [5.41, 5.74) is 0.304. The molecule has 1 saturated carbocycles. The minimum atomic E-state index is -0.131. The minimum absolute atomic E-state index is 0. The summed E-state index contributed by atoms with van der Waals surface area (Å²) >= 11 is 6.37. The number of methoxy groups -OCH3 is 1. The van der Waals surface area contributed by atoms with Gasteiger partial charge in [-0.2, -0.15) is 0 Å². The predicted octanol–water partition coefficient (Wildman–Crippen LogP) is 2.10. The van der Waals surface area contributed by atoms with Gasteiger partial charge in [-0.25, -0.2) is 0 Å². The van der Waals surface area contributed by atoms with Crippen LogP contribution in [0.25, 0.3) is 0 Å². The molecule has 3 fully saturated rings. The Kier molecular flexibility index (Phi) is 18.7. The summed E-state index contributed by atoms with van der Waals surface area (Å²) in [6.45, 7) is 13.1. The second-order valence-corrected chi connectivity index (χ2v) is 12.4. The monoisotopic (exact) mass is 554 g/mol. The van der Waals surface area contributed by atoms with Crippen LogP contribution >= 0.6 is 11.6 Å². The van der Waals surface area contributed by atoms with Gasteiger partial charge in [0.2, 0.25) is 5.91 Å². The molecule has 4 atom stereocenters. The summed E-state index contributed by atoms with van der Waals surface area (Å²) in [7, 11) is 1.68. The molecule has 0 bridgehead atoms. The van der Waals surface area contributed by atoms with Crippen LogP contribution in [0, 0.1) is 23.2 Å². The lowest BCUT2D eigenvalue weighted by atomic mass is 9.64. The molecule has 0 aromatic heterocycles. The maximum Gasteiger partial charge on any atom is 0.237 e. The highest BCUT2D eigenvalue weighted by Gasteiger charge is 2.41. The Hall–Kier alpha value is -0.520. The van der Waals surface area contributed by atoms with Crippen molar-refractivity contribution >= 4 is 17.5 Å². The van der Waals surface area contributed by atoms with E-state index < -0.39 is 0 Å². The normalized spacial score (nSPS) is 30.5. The molecule has 0 spiro atoms. The quantitative estimate of drug-likeness (QED) is 0.293. The largest absolute Gasteiger partial charge is 0.412 e. The van der Waals surface area contributed by atoms with E-state index in [2.05, 4.69) is 48.5 Å². The summed E-state index contributed by atoms with van der Waals surface area (Å²) in [5.74, 6) is 2.16. The van der Waals surface area contributed by atoms with Crippen molar-refractivity contribution in [3.8, 4) is 0 Å². The molecule has 2 heterocycles. The molecule has 3 rings (SSSR count). The molecule has 2 aliphatic heterocycles. The third-order valence-corrected chi connectivity index (χ3v) is 8.86. The SMILES string of the molecule is C.COCNC1CCCC(C(=O)N[C@@H](CN2CCC(C3CCC(Cl)CC3)C(C)(C)C2)C(C)C)N1.O.O.O. The first kappa shape index (κ1) is 38.6. The molecule has 3 unspecified atom stereocenters. The third-order valence-electron chi connectivity index (χ3n) is 8.43. The third kappa shape index (κ3) is 11.2. The Morgan fingerprint density at radius 3 is 2.30 bits per heavy atom. The van der Waals surface area contributed by atoms with E-state index in [0.717, 1.165) is 50.7 Å². The summed E-state index contributed by atoms with van der Waals surface area (Å²) in [6.07, 6.45) is 9.32. The van der Waals surface area contributed by atoms with Crippen LogP contribution in [0.5, 0.6) is 0 Å². The highest BCUT2D eigenvalue weighted by atomic mass is 35.5. The molecule has 0 aromatic rings. The van der Waals surface area contributed by atoms with E-state index in [0.29, 0.717) is 23.4 Å². The van der Waals surface area contributed by atoms with Gasteiger partial charge in [-0.3, -0.25) is 15.4 Å². The number of amides is 1. The first-order valence-electron chi connectivity index (χ1n) is 13.3. The van der Waals surface area contributed by atoms with Gasteiger partial charge in [0.15, 0.2) is 0 Å². The molecule has 0 aromatic carbocycles. The topological polar surface area (TPSA) is 160 Å². The van der Waals surface area contributed by atoms with Crippen LogP contribution in [-0.4, -0.2) is 84.3 Å². The van der Waals surface area contributed by atoms with E-state index in [4.69, 9.17) is 16.3 Å². The number of carbonyl (C=O) groups excluding carboxylic acids is 1. The highest BCUT2D eigenvalue weighted by Crippen LogP contribution is 2.45.